The van der Waals surface area contributed by atoms with Gasteiger partial charge in [-0.1, -0.05) is 56.6 Å². The van der Waals surface area contributed by atoms with Crippen molar-refractivity contribution in [1.82, 2.24) is 5.32 Å². The monoisotopic (exact) mass is 386 g/mol. The summed E-state index contributed by atoms with van der Waals surface area (Å²) in [5.74, 6) is 0.135. The van der Waals surface area contributed by atoms with Crippen molar-refractivity contribution in [1.29, 1.82) is 0 Å². The SMILES string of the molecule is CC(C)(C)c1ccc2c(c1)OCC(=O)N2CC(=O)NCc1ccccc1Cl. The van der Waals surface area contributed by atoms with Gasteiger partial charge in [0.05, 0.1) is 5.69 Å². The van der Waals surface area contributed by atoms with Crippen LogP contribution in [0.15, 0.2) is 42.5 Å². The first-order chi connectivity index (χ1) is 12.8. The lowest BCUT2D eigenvalue weighted by atomic mass is 9.86. The second kappa shape index (κ2) is 7.61. The Kier molecular flexibility index (Phi) is 5.42. The van der Waals surface area contributed by atoms with E-state index in [1.165, 1.54) is 4.90 Å². The summed E-state index contributed by atoms with van der Waals surface area (Å²) in [5.41, 5.74) is 2.53. The Morgan fingerprint density at radius 1 is 1.22 bits per heavy atom. The summed E-state index contributed by atoms with van der Waals surface area (Å²) in [6.45, 7) is 6.52. The number of hydrogen-bond acceptors (Lipinski definition) is 3. The number of benzene rings is 2. The van der Waals surface area contributed by atoms with Crippen LogP contribution in [0.5, 0.6) is 5.75 Å². The molecule has 0 aromatic heterocycles. The minimum atomic E-state index is -0.254. The van der Waals surface area contributed by atoms with Crippen molar-refractivity contribution in [3.05, 3.63) is 58.6 Å². The Bertz CT molecular complexity index is 874. The van der Waals surface area contributed by atoms with Crippen LogP contribution in [0.2, 0.25) is 5.02 Å². The summed E-state index contributed by atoms with van der Waals surface area (Å²) in [5, 5.41) is 3.41. The summed E-state index contributed by atoms with van der Waals surface area (Å²) in [4.78, 5) is 26.2. The topological polar surface area (TPSA) is 58.6 Å². The van der Waals surface area contributed by atoms with Gasteiger partial charge in [0.25, 0.3) is 5.91 Å². The predicted octanol–water partition coefficient (Wildman–Crippen LogP) is 3.68. The third-order valence-electron chi connectivity index (χ3n) is 4.50. The van der Waals surface area contributed by atoms with E-state index in [1.54, 1.807) is 6.07 Å². The number of carbonyl (C=O) groups is 2. The maximum Gasteiger partial charge on any atom is 0.265 e. The number of anilines is 1. The predicted molar refractivity (Wildman–Crippen MR) is 106 cm³/mol. The molecule has 0 aliphatic carbocycles. The highest BCUT2D eigenvalue weighted by Crippen LogP contribution is 2.36. The first-order valence-electron chi connectivity index (χ1n) is 8.83. The minimum Gasteiger partial charge on any atom is -0.482 e. The zero-order valence-electron chi connectivity index (χ0n) is 15.7. The lowest BCUT2D eigenvalue weighted by molar-refractivity contribution is -0.125. The van der Waals surface area contributed by atoms with Crippen LogP contribution >= 0.6 is 11.6 Å². The average molecular weight is 387 g/mol. The van der Waals surface area contributed by atoms with Gasteiger partial charge in [0.15, 0.2) is 6.61 Å². The van der Waals surface area contributed by atoms with Crippen LogP contribution in [0.4, 0.5) is 5.69 Å². The summed E-state index contributed by atoms with van der Waals surface area (Å²) < 4.78 is 5.59. The number of halogens is 1. The third kappa shape index (κ3) is 4.42. The summed E-state index contributed by atoms with van der Waals surface area (Å²) in [6.07, 6.45) is 0. The molecule has 0 bridgehead atoms. The first kappa shape index (κ1) is 19.2. The number of amides is 2. The van der Waals surface area contributed by atoms with Crippen molar-refractivity contribution in [3.63, 3.8) is 0 Å². The largest absolute Gasteiger partial charge is 0.482 e. The number of rotatable bonds is 4. The highest BCUT2D eigenvalue weighted by atomic mass is 35.5. The molecule has 0 unspecified atom stereocenters. The van der Waals surface area contributed by atoms with Crippen LogP contribution in [0.3, 0.4) is 0 Å². The molecule has 1 aliphatic heterocycles. The fourth-order valence-electron chi connectivity index (χ4n) is 2.88. The molecule has 1 heterocycles. The van der Waals surface area contributed by atoms with Crippen LogP contribution in [0, 0.1) is 0 Å². The van der Waals surface area contributed by atoms with Crippen LogP contribution < -0.4 is 15.0 Å². The van der Waals surface area contributed by atoms with Gasteiger partial charge in [-0.25, -0.2) is 0 Å². The van der Waals surface area contributed by atoms with Crippen LogP contribution in [0.1, 0.15) is 31.9 Å². The standard InChI is InChI=1S/C21H23ClN2O3/c1-21(2,3)15-8-9-17-18(10-15)27-13-20(26)24(17)12-19(25)23-11-14-6-4-5-7-16(14)22/h4-10H,11-13H2,1-3H3,(H,23,25). The number of carbonyl (C=O) groups excluding carboxylic acids is 2. The zero-order valence-corrected chi connectivity index (χ0v) is 16.5. The number of hydrogen-bond donors (Lipinski definition) is 1. The van der Waals surface area contributed by atoms with Crippen molar-refractivity contribution >= 4 is 29.1 Å². The van der Waals surface area contributed by atoms with Crippen molar-refractivity contribution in [2.75, 3.05) is 18.1 Å². The molecule has 3 rings (SSSR count). The molecule has 2 aromatic carbocycles. The van der Waals surface area contributed by atoms with Crippen LogP contribution in [-0.2, 0) is 21.5 Å². The number of fused-ring (bicyclic) bond motifs is 1. The lowest BCUT2D eigenvalue weighted by Gasteiger charge is -2.30. The molecule has 1 aliphatic rings. The van der Waals surface area contributed by atoms with Gasteiger partial charge in [0.2, 0.25) is 5.91 Å². The highest BCUT2D eigenvalue weighted by molar-refractivity contribution is 6.31. The molecule has 0 radical (unpaired) electrons. The van der Waals surface area contributed by atoms with E-state index in [4.69, 9.17) is 16.3 Å². The van der Waals surface area contributed by atoms with Gasteiger partial charge in [-0.3, -0.25) is 14.5 Å². The molecular formula is C21H23ClN2O3. The minimum absolute atomic E-state index is 0.0308. The fraction of sp³-hybridized carbons (Fsp3) is 0.333. The summed E-state index contributed by atoms with van der Waals surface area (Å²) in [7, 11) is 0. The number of nitrogens with zero attached hydrogens (tertiary/aromatic N) is 1. The van der Waals surface area contributed by atoms with E-state index in [-0.39, 0.29) is 30.4 Å². The molecule has 0 spiro atoms. The lowest BCUT2D eigenvalue weighted by Crippen LogP contribution is -2.45. The van der Waals surface area contributed by atoms with Gasteiger partial charge < -0.3 is 10.1 Å². The van der Waals surface area contributed by atoms with E-state index in [0.717, 1.165) is 11.1 Å². The molecule has 2 aromatic rings. The van der Waals surface area contributed by atoms with Crippen molar-refractivity contribution in [3.8, 4) is 5.75 Å². The molecule has 27 heavy (non-hydrogen) atoms. The van der Waals surface area contributed by atoms with Gasteiger partial charge in [-0.05, 0) is 34.7 Å². The fourth-order valence-corrected chi connectivity index (χ4v) is 3.08. The Morgan fingerprint density at radius 2 is 1.96 bits per heavy atom. The smallest absolute Gasteiger partial charge is 0.265 e. The van der Waals surface area contributed by atoms with Gasteiger partial charge in [-0.15, -0.1) is 0 Å². The zero-order chi connectivity index (χ0) is 19.6. The normalized spacial score (nSPS) is 13.8. The van der Waals surface area contributed by atoms with Crippen molar-refractivity contribution in [2.24, 2.45) is 0 Å². The molecule has 5 nitrogen and oxygen atoms in total. The Morgan fingerprint density at radius 3 is 2.67 bits per heavy atom. The number of nitrogens with one attached hydrogen (secondary N) is 1. The summed E-state index contributed by atoms with van der Waals surface area (Å²) >= 11 is 6.11. The second-order valence-electron chi connectivity index (χ2n) is 7.57. The van der Waals surface area contributed by atoms with Gasteiger partial charge >= 0.3 is 0 Å². The second-order valence-corrected chi connectivity index (χ2v) is 7.98. The van der Waals surface area contributed by atoms with E-state index in [1.807, 2.05) is 36.4 Å². The molecular weight excluding hydrogens is 364 g/mol. The Hall–Kier alpha value is -2.53. The van der Waals surface area contributed by atoms with E-state index in [0.29, 0.717) is 23.0 Å². The molecule has 0 atom stereocenters. The van der Waals surface area contributed by atoms with E-state index >= 15 is 0 Å². The molecule has 0 saturated carbocycles. The van der Waals surface area contributed by atoms with Gasteiger partial charge in [0, 0.05) is 11.6 Å². The molecule has 2 amide bonds. The molecule has 0 saturated heterocycles. The van der Waals surface area contributed by atoms with Crippen LogP contribution in [0.25, 0.3) is 0 Å². The first-order valence-corrected chi connectivity index (χ1v) is 9.21. The van der Waals surface area contributed by atoms with Gasteiger partial charge in [0.1, 0.15) is 12.3 Å². The molecule has 142 valence electrons. The average Bonchev–Trinajstić information content (AvgIpc) is 2.62. The van der Waals surface area contributed by atoms with E-state index < -0.39 is 0 Å². The van der Waals surface area contributed by atoms with E-state index in [9.17, 15) is 9.59 Å². The number of ether oxygens (including phenoxy) is 1. The molecule has 1 N–H and O–H groups in total. The van der Waals surface area contributed by atoms with E-state index in [2.05, 4.69) is 26.1 Å². The van der Waals surface area contributed by atoms with Crippen molar-refractivity contribution < 1.29 is 14.3 Å². The molecule has 6 heteroatoms. The van der Waals surface area contributed by atoms with Crippen LogP contribution in [-0.4, -0.2) is 25.0 Å². The van der Waals surface area contributed by atoms with Gasteiger partial charge in [-0.2, -0.15) is 0 Å². The molecule has 0 fully saturated rings. The Labute approximate surface area is 164 Å². The van der Waals surface area contributed by atoms with Crippen molar-refractivity contribution in [2.45, 2.75) is 32.7 Å². The third-order valence-corrected chi connectivity index (χ3v) is 4.87. The highest BCUT2D eigenvalue weighted by Gasteiger charge is 2.28. The maximum atomic E-state index is 12.4. The summed E-state index contributed by atoms with van der Waals surface area (Å²) in [6, 6.07) is 13.1. The maximum absolute atomic E-state index is 12.4. The quantitative estimate of drug-likeness (QED) is 0.872. The Balaban J connectivity index is 1.72.